The van der Waals surface area contributed by atoms with Gasteiger partial charge in [0.1, 0.15) is 5.82 Å². The fraction of sp³-hybridized carbons (Fsp3) is 0.417. The van der Waals surface area contributed by atoms with Crippen molar-refractivity contribution >= 4 is 28.9 Å². The lowest BCUT2D eigenvalue weighted by molar-refractivity contribution is -0.114. The number of piperazine rings is 1. The van der Waals surface area contributed by atoms with Crippen LogP contribution in [0.15, 0.2) is 42.5 Å². The van der Waals surface area contributed by atoms with Crippen LogP contribution in [0.2, 0.25) is 0 Å². The number of amides is 2. The Labute approximate surface area is 182 Å². The molecule has 6 nitrogen and oxygen atoms in total. The van der Waals surface area contributed by atoms with Crippen molar-refractivity contribution in [3.05, 3.63) is 53.8 Å². The van der Waals surface area contributed by atoms with Gasteiger partial charge < -0.3 is 20.0 Å². The van der Waals surface area contributed by atoms with E-state index in [1.165, 1.54) is 19.4 Å². The molecule has 0 radical (unpaired) electrons. The number of benzene rings is 2. The van der Waals surface area contributed by atoms with Gasteiger partial charge in [0, 0.05) is 51.9 Å². The molecule has 0 atom stereocenters. The minimum absolute atomic E-state index is 0.0110. The fourth-order valence-corrected chi connectivity index (χ4v) is 4.42. The van der Waals surface area contributed by atoms with E-state index in [0.29, 0.717) is 43.1 Å². The molecule has 31 heavy (non-hydrogen) atoms. The van der Waals surface area contributed by atoms with Crippen molar-refractivity contribution in [3.63, 3.8) is 0 Å². The molecular formula is C24H29FN4O2. The smallest absolute Gasteiger partial charge is 0.256 e. The Morgan fingerprint density at radius 3 is 2.19 bits per heavy atom. The van der Waals surface area contributed by atoms with Crippen LogP contribution in [0.4, 0.5) is 21.5 Å². The number of piperidine rings is 1. The van der Waals surface area contributed by atoms with E-state index in [1.807, 2.05) is 28.0 Å². The maximum Gasteiger partial charge on any atom is 0.256 e. The largest absolute Gasteiger partial charge is 0.371 e. The SMILES string of the molecule is CC(=O)Nc1ccc(C(=O)N2CCN(c3ccccc3F)CC2)c(N2CCCCC2)c1. The Bertz CT molecular complexity index is 950. The van der Waals surface area contributed by atoms with Gasteiger partial charge in [-0.3, -0.25) is 9.59 Å². The summed E-state index contributed by atoms with van der Waals surface area (Å²) in [7, 11) is 0. The van der Waals surface area contributed by atoms with Crippen LogP contribution in [0.1, 0.15) is 36.5 Å². The van der Waals surface area contributed by atoms with E-state index in [4.69, 9.17) is 0 Å². The quantitative estimate of drug-likeness (QED) is 0.813. The molecule has 2 aromatic carbocycles. The number of hydrogen-bond donors (Lipinski definition) is 1. The van der Waals surface area contributed by atoms with Crippen LogP contribution < -0.4 is 15.1 Å². The zero-order valence-corrected chi connectivity index (χ0v) is 17.9. The Hall–Kier alpha value is -3.09. The second-order valence-corrected chi connectivity index (χ2v) is 8.19. The number of halogens is 1. The van der Waals surface area contributed by atoms with Crippen LogP contribution in [0.25, 0.3) is 0 Å². The molecule has 2 amide bonds. The molecular weight excluding hydrogens is 395 g/mol. The van der Waals surface area contributed by atoms with Gasteiger partial charge in [-0.15, -0.1) is 0 Å². The molecule has 0 saturated carbocycles. The second-order valence-electron chi connectivity index (χ2n) is 8.19. The Balaban J connectivity index is 1.52. The molecule has 2 aromatic rings. The number of para-hydroxylation sites is 1. The summed E-state index contributed by atoms with van der Waals surface area (Å²) in [5.41, 5.74) is 2.83. The number of carbonyl (C=O) groups is 2. The average Bonchev–Trinajstić information content (AvgIpc) is 2.79. The summed E-state index contributed by atoms with van der Waals surface area (Å²) in [5.74, 6) is -0.376. The number of rotatable bonds is 4. The Morgan fingerprint density at radius 1 is 0.839 bits per heavy atom. The number of carbonyl (C=O) groups excluding carboxylic acids is 2. The van der Waals surface area contributed by atoms with Crippen molar-refractivity contribution in [3.8, 4) is 0 Å². The van der Waals surface area contributed by atoms with Gasteiger partial charge in [0.05, 0.1) is 16.9 Å². The minimum atomic E-state index is -0.233. The maximum absolute atomic E-state index is 14.1. The number of nitrogens with zero attached hydrogens (tertiary/aromatic N) is 3. The summed E-state index contributed by atoms with van der Waals surface area (Å²) in [5, 5.41) is 2.83. The van der Waals surface area contributed by atoms with E-state index in [1.54, 1.807) is 18.2 Å². The van der Waals surface area contributed by atoms with Gasteiger partial charge in [-0.1, -0.05) is 12.1 Å². The maximum atomic E-state index is 14.1. The van der Waals surface area contributed by atoms with Gasteiger partial charge in [0.2, 0.25) is 5.91 Å². The highest BCUT2D eigenvalue weighted by atomic mass is 19.1. The summed E-state index contributed by atoms with van der Waals surface area (Å²) < 4.78 is 14.1. The van der Waals surface area contributed by atoms with E-state index in [2.05, 4.69) is 10.2 Å². The van der Waals surface area contributed by atoms with Crippen molar-refractivity contribution in [1.82, 2.24) is 4.90 Å². The molecule has 7 heteroatoms. The van der Waals surface area contributed by atoms with Crippen molar-refractivity contribution in [2.24, 2.45) is 0 Å². The average molecular weight is 425 g/mol. The molecule has 0 spiro atoms. The van der Waals surface area contributed by atoms with Gasteiger partial charge in [0.25, 0.3) is 5.91 Å². The number of anilines is 3. The summed E-state index contributed by atoms with van der Waals surface area (Å²) in [6, 6.07) is 12.3. The van der Waals surface area contributed by atoms with Crippen LogP contribution >= 0.6 is 0 Å². The zero-order chi connectivity index (χ0) is 21.8. The van der Waals surface area contributed by atoms with Gasteiger partial charge in [-0.25, -0.2) is 4.39 Å². The molecule has 4 rings (SSSR count). The molecule has 2 aliphatic rings. The highest BCUT2D eigenvalue weighted by molar-refractivity contribution is 6.01. The first-order valence-corrected chi connectivity index (χ1v) is 11.0. The minimum Gasteiger partial charge on any atom is -0.371 e. The summed E-state index contributed by atoms with van der Waals surface area (Å²) in [4.78, 5) is 31.0. The van der Waals surface area contributed by atoms with Crippen molar-refractivity contribution in [1.29, 1.82) is 0 Å². The summed E-state index contributed by atoms with van der Waals surface area (Å²) in [6.45, 7) is 5.57. The monoisotopic (exact) mass is 424 g/mol. The highest BCUT2D eigenvalue weighted by Crippen LogP contribution is 2.29. The molecule has 0 aliphatic carbocycles. The van der Waals surface area contributed by atoms with Gasteiger partial charge in [-0.05, 0) is 49.6 Å². The van der Waals surface area contributed by atoms with E-state index >= 15 is 0 Å². The molecule has 0 unspecified atom stereocenters. The lowest BCUT2D eigenvalue weighted by Gasteiger charge is -2.37. The second kappa shape index (κ2) is 9.37. The zero-order valence-electron chi connectivity index (χ0n) is 17.9. The molecule has 0 bridgehead atoms. The van der Waals surface area contributed by atoms with Gasteiger partial charge >= 0.3 is 0 Å². The molecule has 2 aliphatic heterocycles. The highest BCUT2D eigenvalue weighted by Gasteiger charge is 2.27. The lowest BCUT2D eigenvalue weighted by atomic mass is 10.0. The Kier molecular flexibility index (Phi) is 6.39. The molecule has 164 valence electrons. The Morgan fingerprint density at radius 2 is 1.52 bits per heavy atom. The third kappa shape index (κ3) is 4.81. The first-order chi connectivity index (χ1) is 15.0. The van der Waals surface area contributed by atoms with Crippen LogP contribution in [0.3, 0.4) is 0 Å². The van der Waals surface area contributed by atoms with Crippen molar-refractivity contribution in [2.45, 2.75) is 26.2 Å². The topological polar surface area (TPSA) is 55.9 Å². The molecule has 2 fully saturated rings. The normalized spacial score (nSPS) is 16.9. The third-order valence-corrected chi connectivity index (χ3v) is 6.01. The fourth-order valence-electron chi connectivity index (χ4n) is 4.42. The van der Waals surface area contributed by atoms with Crippen LogP contribution in [0, 0.1) is 5.82 Å². The third-order valence-electron chi connectivity index (χ3n) is 6.01. The van der Waals surface area contributed by atoms with Crippen molar-refractivity contribution in [2.75, 3.05) is 54.4 Å². The number of hydrogen-bond acceptors (Lipinski definition) is 4. The molecule has 2 saturated heterocycles. The summed E-state index contributed by atoms with van der Waals surface area (Å²) in [6.07, 6.45) is 3.39. The standard InChI is InChI=1S/C24H29FN4O2/c1-18(30)26-19-9-10-20(23(17-19)27-11-5-2-6-12-27)24(31)29-15-13-28(14-16-29)22-8-4-3-7-21(22)25/h3-4,7-10,17H,2,5-6,11-16H2,1H3,(H,26,30). The van der Waals surface area contributed by atoms with E-state index < -0.39 is 0 Å². The first-order valence-electron chi connectivity index (χ1n) is 11.0. The lowest BCUT2D eigenvalue weighted by Crippen LogP contribution is -2.49. The van der Waals surface area contributed by atoms with Crippen LogP contribution in [0.5, 0.6) is 0 Å². The van der Waals surface area contributed by atoms with Crippen LogP contribution in [-0.2, 0) is 4.79 Å². The first kappa shape index (κ1) is 21.2. The van der Waals surface area contributed by atoms with Crippen LogP contribution in [-0.4, -0.2) is 56.0 Å². The predicted octanol–water partition coefficient (Wildman–Crippen LogP) is 3.74. The van der Waals surface area contributed by atoms with Gasteiger partial charge in [0.15, 0.2) is 0 Å². The molecule has 1 N–H and O–H groups in total. The number of nitrogens with one attached hydrogen (secondary N) is 1. The predicted molar refractivity (Wildman–Crippen MR) is 121 cm³/mol. The van der Waals surface area contributed by atoms with E-state index in [9.17, 15) is 14.0 Å². The van der Waals surface area contributed by atoms with E-state index in [-0.39, 0.29) is 17.6 Å². The molecule has 2 heterocycles. The summed E-state index contributed by atoms with van der Waals surface area (Å²) >= 11 is 0. The van der Waals surface area contributed by atoms with Crippen molar-refractivity contribution < 1.29 is 14.0 Å². The van der Waals surface area contributed by atoms with E-state index in [0.717, 1.165) is 31.6 Å². The van der Waals surface area contributed by atoms with Gasteiger partial charge in [-0.2, -0.15) is 0 Å². The molecule has 0 aromatic heterocycles.